The lowest BCUT2D eigenvalue weighted by molar-refractivity contribution is -0.139. The van der Waals surface area contributed by atoms with Crippen LogP contribution < -0.4 is 0 Å². The highest BCUT2D eigenvalue weighted by molar-refractivity contribution is 7.89. The van der Waals surface area contributed by atoms with Gasteiger partial charge in [-0.05, 0) is 18.2 Å². The van der Waals surface area contributed by atoms with Crippen LogP contribution in [0.2, 0.25) is 10.0 Å². The summed E-state index contributed by atoms with van der Waals surface area (Å²) in [4.78, 5) is 20.9. The van der Waals surface area contributed by atoms with Gasteiger partial charge in [-0.1, -0.05) is 23.2 Å². The van der Waals surface area contributed by atoms with Crippen LogP contribution in [0.1, 0.15) is 0 Å². The molecule has 0 unspecified atom stereocenters. The van der Waals surface area contributed by atoms with Gasteiger partial charge in [-0.3, -0.25) is 9.59 Å². The van der Waals surface area contributed by atoms with E-state index in [1.807, 2.05) is 0 Å². The van der Waals surface area contributed by atoms with Crippen molar-refractivity contribution in [3.63, 3.8) is 0 Å². The Kier molecular flexibility index (Phi) is 5.35. The van der Waals surface area contributed by atoms with Crippen molar-refractivity contribution in [1.82, 2.24) is 4.31 Å². The summed E-state index contributed by atoms with van der Waals surface area (Å²) in [6.07, 6.45) is 0. The predicted octanol–water partition coefficient (Wildman–Crippen LogP) is 1.15. The van der Waals surface area contributed by atoms with Crippen LogP contribution in [-0.4, -0.2) is 48.0 Å². The van der Waals surface area contributed by atoms with E-state index >= 15 is 0 Å². The van der Waals surface area contributed by atoms with Crippen LogP contribution in [0.5, 0.6) is 0 Å². The molecule has 0 radical (unpaired) electrons. The fraction of sp³-hybridized carbons (Fsp3) is 0.200. The van der Waals surface area contributed by atoms with E-state index in [2.05, 4.69) is 0 Å². The molecule has 7 nitrogen and oxygen atoms in total. The Hall–Kier alpha value is -1.35. The summed E-state index contributed by atoms with van der Waals surface area (Å²) < 4.78 is 24.8. The standard InChI is InChI=1S/C10H9Cl2NO6S/c11-6-1-2-7(12)8(3-6)20(18,19)13(4-9(14)15)5-10(16)17/h1-3H,4-5H2,(H,14,15)(H,16,17). The van der Waals surface area contributed by atoms with Crippen molar-refractivity contribution in [2.45, 2.75) is 4.90 Å². The third-order valence-electron chi connectivity index (χ3n) is 2.13. The van der Waals surface area contributed by atoms with Gasteiger partial charge in [-0.25, -0.2) is 8.42 Å². The zero-order valence-electron chi connectivity index (χ0n) is 9.79. The summed E-state index contributed by atoms with van der Waals surface area (Å²) in [6, 6.07) is 3.59. The Labute approximate surface area is 124 Å². The van der Waals surface area contributed by atoms with Crippen LogP contribution in [0.4, 0.5) is 0 Å². The van der Waals surface area contributed by atoms with Crippen molar-refractivity contribution in [2.75, 3.05) is 13.1 Å². The van der Waals surface area contributed by atoms with Gasteiger partial charge in [0.05, 0.1) is 5.02 Å². The van der Waals surface area contributed by atoms with Gasteiger partial charge in [0.1, 0.15) is 18.0 Å². The minimum atomic E-state index is -4.39. The molecule has 0 bridgehead atoms. The highest BCUT2D eigenvalue weighted by atomic mass is 35.5. The smallest absolute Gasteiger partial charge is 0.318 e. The predicted molar refractivity (Wildman–Crippen MR) is 70.5 cm³/mol. The van der Waals surface area contributed by atoms with Crippen LogP contribution in [0.3, 0.4) is 0 Å². The fourth-order valence-electron chi connectivity index (χ4n) is 1.34. The Morgan fingerprint density at radius 2 is 1.60 bits per heavy atom. The molecule has 20 heavy (non-hydrogen) atoms. The first-order valence-corrected chi connectivity index (χ1v) is 7.23. The number of hydrogen-bond acceptors (Lipinski definition) is 4. The van der Waals surface area contributed by atoms with E-state index in [0.29, 0.717) is 0 Å². The van der Waals surface area contributed by atoms with Gasteiger partial charge in [0, 0.05) is 5.02 Å². The van der Waals surface area contributed by atoms with Crippen LogP contribution >= 0.6 is 23.2 Å². The average molecular weight is 342 g/mol. The molecule has 0 amide bonds. The lowest BCUT2D eigenvalue weighted by atomic mass is 10.4. The molecule has 0 aromatic heterocycles. The first kappa shape index (κ1) is 16.7. The van der Waals surface area contributed by atoms with Gasteiger partial charge < -0.3 is 10.2 Å². The lowest BCUT2D eigenvalue weighted by Gasteiger charge is -2.19. The lowest BCUT2D eigenvalue weighted by Crippen LogP contribution is -2.39. The summed E-state index contributed by atoms with van der Waals surface area (Å²) in [5, 5.41) is 17.2. The number of nitrogens with zero attached hydrogens (tertiary/aromatic N) is 1. The van der Waals surface area contributed by atoms with Gasteiger partial charge in [0.2, 0.25) is 10.0 Å². The Balaban J connectivity index is 3.31. The number of benzene rings is 1. The van der Waals surface area contributed by atoms with Gasteiger partial charge in [0.15, 0.2) is 0 Å². The SMILES string of the molecule is O=C(O)CN(CC(=O)O)S(=O)(=O)c1cc(Cl)ccc1Cl. The summed E-state index contributed by atoms with van der Waals surface area (Å²) in [5.74, 6) is -2.99. The van der Waals surface area contributed by atoms with Gasteiger partial charge >= 0.3 is 11.9 Å². The van der Waals surface area contributed by atoms with E-state index in [9.17, 15) is 18.0 Å². The van der Waals surface area contributed by atoms with Crippen LogP contribution in [0, 0.1) is 0 Å². The van der Waals surface area contributed by atoms with E-state index in [1.54, 1.807) is 0 Å². The second-order valence-corrected chi connectivity index (χ2v) is 6.39. The summed E-state index contributed by atoms with van der Waals surface area (Å²) in [5.41, 5.74) is 0. The Bertz CT molecular complexity index is 629. The van der Waals surface area contributed by atoms with Crippen molar-refractivity contribution < 1.29 is 28.2 Å². The fourth-order valence-corrected chi connectivity index (χ4v) is 3.42. The monoisotopic (exact) mass is 341 g/mol. The second-order valence-electron chi connectivity index (χ2n) is 3.64. The maximum atomic E-state index is 12.2. The van der Waals surface area contributed by atoms with E-state index < -0.39 is 39.9 Å². The van der Waals surface area contributed by atoms with E-state index in [-0.39, 0.29) is 14.4 Å². The molecular formula is C10H9Cl2NO6S. The van der Waals surface area contributed by atoms with Crippen molar-refractivity contribution in [3.8, 4) is 0 Å². The van der Waals surface area contributed by atoms with E-state index in [4.69, 9.17) is 33.4 Å². The zero-order valence-corrected chi connectivity index (χ0v) is 12.1. The molecule has 10 heteroatoms. The van der Waals surface area contributed by atoms with Crippen LogP contribution in [0.15, 0.2) is 23.1 Å². The molecule has 2 N–H and O–H groups in total. The molecule has 1 aromatic rings. The minimum absolute atomic E-state index is 0.0681. The molecular weight excluding hydrogens is 333 g/mol. The maximum absolute atomic E-state index is 12.2. The number of halogens is 2. The molecule has 110 valence electrons. The molecule has 0 aliphatic rings. The number of aliphatic carboxylic acids is 2. The molecule has 0 fully saturated rings. The number of sulfonamides is 1. The molecule has 1 aromatic carbocycles. The molecule has 0 aliphatic carbocycles. The number of hydrogen-bond donors (Lipinski definition) is 2. The number of carboxylic acid groups (broad SMARTS) is 2. The Morgan fingerprint density at radius 1 is 1.10 bits per heavy atom. The summed E-state index contributed by atoms with van der Waals surface area (Å²) >= 11 is 11.4. The van der Waals surface area contributed by atoms with E-state index in [0.717, 1.165) is 6.07 Å². The molecule has 0 spiro atoms. The first-order chi connectivity index (χ1) is 9.14. The third-order valence-corrected chi connectivity index (χ3v) is 4.64. The molecule has 1 rings (SSSR count). The molecule has 0 atom stereocenters. The quantitative estimate of drug-likeness (QED) is 0.802. The minimum Gasteiger partial charge on any atom is -0.480 e. The van der Waals surface area contributed by atoms with Crippen molar-refractivity contribution in [1.29, 1.82) is 0 Å². The van der Waals surface area contributed by atoms with Gasteiger partial charge in [-0.2, -0.15) is 4.31 Å². The average Bonchev–Trinajstić information content (AvgIpc) is 2.30. The van der Waals surface area contributed by atoms with E-state index in [1.165, 1.54) is 12.1 Å². The first-order valence-electron chi connectivity index (χ1n) is 5.03. The van der Waals surface area contributed by atoms with Gasteiger partial charge in [0.25, 0.3) is 0 Å². The molecule has 0 aliphatic heterocycles. The largest absolute Gasteiger partial charge is 0.480 e. The second kappa shape index (κ2) is 6.40. The van der Waals surface area contributed by atoms with Crippen molar-refractivity contribution in [3.05, 3.63) is 28.2 Å². The number of carbonyl (C=O) groups is 2. The van der Waals surface area contributed by atoms with Crippen molar-refractivity contribution in [2.24, 2.45) is 0 Å². The maximum Gasteiger partial charge on any atom is 0.318 e. The normalized spacial score (nSPS) is 11.6. The number of carboxylic acids is 2. The highest BCUT2D eigenvalue weighted by Crippen LogP contribution is 2.27. The molecule has 0 saturated heterocycles. The number of rotatable bonds is 6. The molecule has 0 heterocycles. The summed E-state index contributed by atoms with van der Waals surface area (Å²) in [7, 11) is -4.39. The van der Waals surface area contributed by atoms with Crippen LogP contribution in [-0.2, 0) is 19.6 Å². The Morgan fingerprint density at radius 3 is 2.05 bits per heavy atom. The topological polar surface area (TPSA) is 112 Å². The van der Waals surface area contributed by atoms with Crippen LogP contribution in [0.25, 0.3) is 0 Å². The highest BCUT2D eigenvalue weighted by Gasteiger charge is 2.30. The molecule has 0 saturated carbocycles. The summed E-state index contributed by atoms with van der Waals surface area (Å²) in [6.45, 7) is -2.01. The van der Waals surface area contributed by atoms with Crippen molar-refractivity contribution >= 4 is 45.2 Å². The van der Waals surface area contributed by atoms with Gasteiger partial charge in [-0.15, -0.1) is 0 Å². The zero-order chi connectivity index (χ0) is 15.5. The third kappa shape index (κ3) is 4.07.